The molecule has 0 aliphatic rings. The molecule has 2 aromatic heterocycles. The lowest BCUT2D eigenvalue weighted by Crippen LogP contribution is -1.97. The average molecular weight is 441 g/mol. The van der Waals surface area contributed by atoms with E-state index in [0.29, 0.717) is 0 Å². The molecule has 0 saturated heterocycles. The first-order valence-electron chi connectivity index (χ1n) is 11.1. The van der Waals surface area contributed by atoms with Crippen molar-refractivity contribution >= 4 is 64.7 Å². The molecule has 0 amide bonds. The Labute approximate surface area is 195 Å². The van der Waals surface area contributed by atoms with Crippen molar-refractivity contribution in [2.75, 3.05) is 5.32 Å². The van der Waals surface area contributed by atoms with Crippen molar-refractivity contribution in [3.8, 4) is 5.69 Å². The molecule has 0 spiro atoms. The molecule has 33 heavy (non-hydrogen) atoms. The molecule has 0 bridgehead atoms. The Balaban J connectivity index is 1.46. The number of rotatable bonds is 3. The minimum atomic E-state index is 1.10. The highest BCUT2D eigenvalue weighted by Gasteiger charge is 2.15. The number of para-hydroxylation sites is 3. The fourth-order valence-corrected chi connectivity index (χ4v) is 6.01. The van der Waals surface area contributed by atoms with Crippen LogP contribution in [0.2, 0.25) is 0 Å². The van der Waals surface area contributed by atoms with Gasteiger partial charge < -0.3 is 9.88 Å². The van der Waals surface area contributed by atoms with Crippen LogP contribution in [-0.2, 0) is 0 Å². The zero-order valence-corrected chi connectivity index (χ0v) is 18.6. The Morgan fingerprint density at radius 1 is 0.545 bits per heavy atom. The monoisotopic (exact) mass is 440 g/mol. The minimum Gasteiger partial charge on any atom is -0.354 e. The third-order valence-electron chi connectivity index (χ3n) is 6.36. The Kier molecular flexibility index (Phi) is 4.05. The van der Waals surface area contributed by atoms with Crippen molar-refractivity contribution in [1.82, 2.24) is 4.57 Å². The number of benzene rings is 5. The van der Waals surface area contributed by atoms with Crippen LogP contribution in [-0.4, -0.2) is 4.57 Å². The summed E-state index contributed by atoms with van der Waals surface area (Å²) in [6.45, 7) is 0. The van der Waals surface area contributed by atoms with E-state index >= 15 is 0 Å². The van der Waals surface area contributed by atoms with Gasteiger partial charge in [0.2, 0.25) is 0 Å². The molecular weight excluding hydrogens is 420 g/mol. The number of nitrogens with one attached hydrogen (secondary N) is 1. The summed E-state index contributed by atoms with van der Waals surface area (Å²) in [4.78, 5) is 0. The Bertz CT molecular complexity index is 1790. The zero-order chi connectivity index (χ0) is 21.8. The summed E-state index contributed by atoms with van der Waals surface area (Å²) < 4.78 is 5.01. The van der Waals surface area contributed by atoms with Gasteiger partial charge in [-0.3, -0.25) is 0 Å². The number of aromatic nitrogens is 1. The fourth-order valence-electron chi connectivity index (χ4n) is 4.92. The normalized spacial score (nSPS) is 11.6. The van der Waals surface area contributed by atoms with E-state index in [1.165, 1.54) is 42.0 Å². The molecule has 156 valence electrons. The van der Waals surface area contributed by atoms with Gasteiger partial charge in [-0.1, -0.05) is 66.7 Å². The van der Waals surface area contributed by atoms with Gasteiger partial charge in [-0.15, -0.1) is 11.3 Å². The van der Waals surface area contributed by atoms with Crippen LogP contribution < -0.4 is 5.32 Å². The predicted octanol–water partition coefficient (Wildman–Crippen LogP) is 8.90. The minimum absolute atomic E-state index is 1.10. The second-order valence-electron chi connectivity index (χ2n) is 8.32. The van der Waals surface area contributed by atoms with E-state index in [4.69, 9.17) is 0 Å². The van der Waals surface area contributed by atoms with Crippen LogP contribution in [0.25, 0.3) is 47.7 Å². The Morgan fingerprint density at radius 3 is 2.18 bits per heavy atom. The molecule has 0 unspecified atom stereocenters. The number of nitrogens with zero attached hydrogens (tertiary/aromatic N) is 1. The number of hydrogen-bond donors (Lipinski definition) is 1. The number of hydrogen-bond acceptors (Lipinski definition) is 2. The van der Waals surface area contributed by atoms with Crippen LogP contribution >= 0.6 is 11.3 Å². The predicted molar refractivity (Wildman–Crippen MR) is 143 cm³/mol. The molecule has 1 N–H and O–H groups in total. The molecule has 0 fully saturated rings. The molecule has 0 aliphatic carbocycles. The molecule has 7 aromatic rings. The average Bonchev–Trinajstić information content (AvgIpc) is 3.41. The molecule has 0 atom stereocenters. The summed E-state index contributed by atoms with van der Waals surface area (Å²) in [6.07, 6.45) is 0. The van der Waals surface area contributed by atoms with Gasteiger partial charge >= 0.3 is 0 Å². The lowest BCUT2D eigenvalue weighted by Gasteiger charge is -2.13. The van der Waals surface area contributed by atoms with Gasteiger partial charge in [-0.25, -0.2) is 0 Å². The summed E-state index contributed by atoms with van der Waals surface area (Å²) in [7, 11) is 0. The van der Waals surface area contributed by atoms with Crippen molar-refractivity contribution in [1.29, 1.82) is 0 Å². The highest BCUT2D eigenvalue weighted by Crippen LogP contribution is 2.39. The van der Waals surface area contributed by atoms with E-state index in [0.717, 1.165) is 17.1 Å². The highest BCUT2D eigenvalue weighted by atomic mass is 32.1. The van der Waals surface area contributed by atoms with Crippen LogP contribution in [0, 0.1) is 0 Å². The van der Waals surface area contributed by atoms with E-state index in [1.807, 2.05) is 11.3 Å². The van der Waals surface area contributed by atoms with Gasteiger partial charge in [-0.05, 0) is 48.5 Å². The Hall–Kier alpha value is -4.08. The molecule has 5 aromatic carbocycles. The lowest BCUT2D eigenvalue weighted by molar-refractivity contribution is 1.18. The first-order chi connectivity index (χ1) is 16.4. The third kappa shape index (κ3) is 2.86. The van der Waals surface area contributed by atoms with Crippen LogP contribution in [0.15, 0.2) is 115 Å². The lowest BCUT2D eigenvalue weighted by atomic mass is 10.1. The van der Waals surface area contributed by atoms with E-state index in [9.17, 15) is 0 Å². The first kappa shape index (κ1) is 18.5. The first-order valence-corrected chi connectivity index (χ1v) is 11.9. The van der Waals surface area contributed by atoms with Crippen molar-refractivity contribution < 1.29 is 0 Å². The summed E-state index contributed by atoms with van der Waals surface area (Å²) in [6, 6.07) is 41.1. The SMILES string of the molecule is c1ccc(-n2c3ccccc3c3cccc(Nc4ccc5sc6ccccc6c5c4)c32)cc1. The summed E-state index contributed by atoms with van der Waals surface area (Å²) in [5.74, 6) is 0. The molecule has 7 rings (SSSR count). The van der Waals surface area contributed by atoms with Crippen LogP contribution in [0.4, 0.5) is 11.4 Å². The van der Waals surface area contributed by atoms with E-state index in [2.05, 4.69) is 125 Å². The van der Waals surface area contributed by atoms with Gasteiger partial charge in [0.05, 0.1) is 16.7 Å². The van der Waals surface area contributed by atoms with E-state index < -0.39 is 0 Å². The van der Waals surface area contributed by atoms with Crippen LogP contribution in [0.3, 0.4) is 0 Å². The molecule has 2 heterocycles. The number of anilines is 2. The largest absolute Gasteiger partial charge is 0.354 e. The zero-order valence-electron chi connectivity index (χ0n) is 17.8. The Morgan fingerprint density at radius 2 is 1.27 bits per heavy atom. The second kappa shape index (κ2) is 7.22. The maximum atomic E-state index is 3.75. The highest BCUT2D eigenvalue weighted by molar-refractivity contribution is 7.25. The number of thiophene rings is 1. The van der Waals surface area contributed by atoms with E-state index in [-0.39, 0.29) is 0 Å². The molecule has 0 aliphatic heterocycles. The second-order valence-corrected chi connectivity index (χ2v) is 9.41. The molecule has 0 radical (unpaired) electrons. The fraction of sp³-hybridized carbons (Fsp3) is 0. The summed E-state index contributed by atoms with van der Waals surface area (Å²) in [5.41, 5.74) is 5.78. The topological polar surface area (TPSA) is 17.0 Å². The molecule has 2 nitrogen and oxygen atoms in total. The van der Waals surface area contributed by atoms with Crippen molar-refractivity contribution in [3.05, 3.63) is 115 Å². The summed E-state index contributed by atoms with van der Waals surface area (Å²) >= 11 is 1.85. The van der Waals surface area contributed by atoms with Crippen LogP contribution in [0.5, 0.6) is 0 Å². The number of fused-ring (bicyclic) bond motifs is 6. The van der Waals surface area contributed by atoms with Crippen molar-refractivity contribution in [2.45, 2.75) is 0 Å². The maximum absolute atomic E-state index is 3.75. The molecular formula is C30H20N2S. The molecule has 3 heteroatoms. The van der Waals surface area contributed by atoms with Gasteiger partial charge in [0.15, 0.2) is 0 Å². The molecule has 0 saturated carbocycles. The van der Waals surface area contributed by atoms with Crippen LogP contribution in [0.1, 0.15) is 0 Å². The standard InChI is InChI=1S/C30H20N2S/c1-2-9-21(10-3-1)32-27-15-6-4-11-22(27)24-13-8-14-26(30(24)32)31-20-17-18-29-25(19-20)23-12-5-7-16-28(23)33-29/h1-19,31H. The quantitative estimate of drug-likeness (QED) is 0.290. The van der Waals surface area contributed by atoms with Crippen molar-refractivity contribution in [2.24, 2.45) is 0 Å². The van der Waals surface area contributed by atoms with E-state index in [1.54, 1.807) is 0 Å². The summed E-state index contributed by atoms with van der Waals surface area (Å²) in [5, 5.41) is 8.88. The maximum Gasteiger partial charge on any atom is 0.0776 e. The smallest absolute Gasteiger partial charge is 0.0776 e. The van der Waals surface area contributed by atoms with Gasteiger partial charge in [0.25, 0.3) is 0 Å². The van der Waals surface area contributed by atoms with Gasteiger partial charge in [-0.2, -0.15) is 0 Å². The van der Waals surface area contributed by atoms with Gasteiger partial charge in [0, 0.05) is 42.3 Å². The van der Waals surface area contributed by atoms with Gasteiger partial charge in [0.1, 0.15) is 0 Å². The third-order valence-corrected chi connectivity index (χ3v) is 7.52. The van der Waals surface area contributed by atoms with Crippen molar-refractivity contribution in [3.63, 3.8) is 0 Å².